The van der Waals surface area contributed by atoms with E-state index in [0.717, 1.165) is 11.1 Å². The fourth-order valence-corrected chi connectivity index (χ4v) is 6.10. The zero-order valence-electron chi connectivity index (χ0n) is 24.3. The number of para-hydroxylation sites is 1. The van der Waals surface area contributed by atoms with Gasteiger partial charge in [0.15, 0.2) is 23.3 Å². The summed E-state index contributed by atoms with van der Waals surface area (Å²) in [6.45, 7) is 0. The highest BCUT2D eigenvalue weighted by Gasteiger charge is 2.30. The molecule has 6 aromatic carbocycles. The molecule has 3 nitrogen and oxygen atoms in total. The highest BCUT2D eigenvalue weighted by atomic mass is 19.2. The Hall–Kier alpha value is -6.02. The zero-order chi connectivity index (χ0) is 32.2. The molecule has 2 aromatic heterocycles. The molecular formula is C39H20F5N3. The van der Waals surface area contributed by atoms with E-state index in [4.69, 9.17) is 15.0 Å². The summed E-state index contributed by atoms with van der Waals surface area (Å²) >= 11 is 0. The van der Waals surface area contributed by atoms with Gasteiger partial charge in [0, 0.05) is 32.8 Å². The van der Waals surface area contributed by atoms with Gasteiger partial charge in [-0.15, -0.1) is 0 Å². The summed E-state index contributed by atoms with van der Waals surface area (Å²) in [6.07, 6.45) is 0. The maximum absolute atomic E-state index is 15.7. The first kappa shape index (κ1) is 28.5. The van der Waals surface area contributed by atoms with Crippen LogP contribution in [0.25, 0.3) is 77.6 Å². The quantitative estimate of drug-likeness (QED) is 0.0846. The van der Waals surface area contributed by atoms with E-state index >= 15 is 8.78 Å². The van der Waals surface area contributed by atoms with Crippen molar-refractivity contribution < 1.29 is 22.0 Å². The molecule has 0 aliphatic carbocycles. The first-order valence-corrected chi connectivity index (χ1v) is 14.7. The van der Waals surface area contributed by atoms with Crippen molar-refractivity contribution in [3.8, 4) is 44.9 Å². The van der Waals surface area contributed by atoms with Crippen LogP contribution in [-0.2, 0) is 0 Å². The minimum atomic E-state index is -2.23. The van der Waals surface area contributed by atoms with Gasteiger partial charge in [-0.2, -0.15) is 0 Å². The molecule has 0 radical (unpaired) electrons. The van der Waals surface area contributed by atoms with Gasteiger partial charge in [-0.1, -0.05) is 109 Å². The number of hydrogen-bond donors (Lipinski definition) is 0. The summed E-state index contributed by atoms with van der Waals surface area (Å²) in [7, 11) is 0. The van der Waals surface area contributed by atoms with E-state index in [1.165, 1.54) is 6.07 Å². The van der Waals surface area contributed by atoms with Gasteiger partial charge in [-0.3, -0.25) is 0 Å². The molecule has 0 N–H and O–H groups in total. The van der Waals surface area contributed by atoms with Crippen LogP contribution in [0.4, 0.5) is 22.0 Å². The van der Waals surface area contributed by atoms with Gasteiger partial charge in [0.25, 0.3) is 0 Å². The molecule has 0 saturated heterocycles. The zero-order valence-corrected chi connectivity index (χ0v) is 24.3. The largest absolute Gasteiger partial charge is 0.247 e. The minimum Gasteiger partial charge on any atom is -0.247 e. The van der Waals surface area contributed by atoms with Crippen LogP contribution in [0.5, 0.6) is 0 Å². The fourth-order valence-electron chi connectivity index (χ4n) is 6.10. The lowest BCUT2D eigenvalue weighted by Gasteiger charge is -2.19. The van der Waals surface area contributed by atoms with Crippen molar-refractivity contribution in [1.82, 2.24) is 15.0 Å². The van der Waals surface area contributed by atoms with Crippen LogP contribution >= 0.6 is 0 Å². The predicted octanol–water partition coefficient (Wildman–Crippen LogP) is 10.7. The third-order valence-electron chi connectivity index (χ3n) is 8.22. The fraction of sp³-hybridized carbons (Fsp3) is 0. The normalized spacial score (nSPS) is 11.5. The number of aromatic nitrogens is 3. The summed E-state index contributed by atoms with van der Waals surface area (Å²) in [5, 5.41) is 1.03. The molecule has 0 unspecified atom stereocenters. The molecule has 0 amide bonds. The Morgan fingerprint density at radius 2 is 0.830 bits per heavy atom. The average molecular weight is 626 g/mol. The van der Waals surface area contributed by atoms with E-state index in [1.807, 2.05) is 91.0 Å². The lowest BCUT2D eigenvalue weighted by atomic mass is 9.90. The Labute approximate surface area is 264 Å². The molecule has 8 aromatic rings. The van der Waals surface area contributed by atoms with E-state index in [1.54, 1.807) is 24.3 Å². The molecule has 47 heavy (non-hydrogen) atoms. The van der Waals surface area contributed by atoms with Crippen LogP contribution < -0.4 is 0 Å². The molecule has 8 rings (SSSR count). The lowest BCUT2D eigenvalue weighted by molar-refractivity contribution is 0.381. The van der Waals surface area contributed by atoms with Crippen molar-refractivity contribution >= 4 is 32.7 Å². The van der Waals surface area contributed by atoms with Crippen molar-refractivity contribution in [3.63, 3.8) is 0 Å². The first-order chi connectivity index (χ1) is 22.9. The molecule has 0 aliphatic heterocycles. The number of rotatable bonds is 4. The number of fused-ring (bicyclic) bond motifs is 5. The van der Waals surface area contributed by atoms with Gasteiger partial charge < -0.3 is 0 Å². The third kappa shape index (κ3) is 4.52. The molecule has 0 saturated carbocycles. The van der Waals surface area contributed by atoms with Crippen molar-refractivity contribution in [2.24, 2.45) is 0 Å². The summed E-state index contributed by atoms with van der Waals surface area (Å²) in [5.74, 6) is -10.2. The minimum absolute atomic E-state index is 0.184. The van der Waals surface area contributed by atoms with Crippen LogP contribution in [-0.4, -0.2) is 15.0 Å². The highest BCUT2D eigenvalue weighted by Crippen LogP contribution is 2.45. The number of benzene rings is 6. The van der Waals surface area contributed by atoms with Gasteiger partial charge in [0.2, 0.25) is 5.82 Å². The molecule has 2 heterocycles. The van der Waals surface area contributed by atoms with Crippen molar-refractivity contribution in [2.45, 2.75) is 0 Å². The van der Waals surface area contributed by atoms with Crippen molar-refractivity contribution in [3.05, 3.63) is 150 Å². The molecule has 226 valence electrons. The smallest absolute Gasteiger partial charge is 0.200 e. The predicted molar refractivity (Wildman–Crippen MR) is 174 cm³/mol. The molecular weight excluding hydrogens is 605 g/mol. The monoisotopic (exact) mass is 625 g/mol. The third-order valence-corrected chi connectivity index (χ3v) is 8.22. The average Bonchev–Trinajstić information content (AvgIpc) is 3.13. The number of nitrogens with zero attached hydrogens (tertiary/aromatic N) is 3. The molecule has 0 aliphatic rings. The van der Waals surface area contributed by atoms with Gasteiger partial charge in [-0.25, -0.2) is 36.9 Å². The Bertz CT molecular complexity index is 2480. The Kier molecular flexibility index (Phi) is 6.72. The summed E-state index contributed by atoms with van der Waals surface area (Å²) < 4.78 is 75.3. The summed E-state index contributed by atoms with van der Waals surface area (Å²) in [5.41, 5.74) is 3.30. The van der Waals surface area contributed by atoms with Gasteiger partial charge in [-0.05, 0) is 17.7 Å². The number of halogens is 5. The SMILES string of the molecule is Fc1c(F)c(F)c(-c2cc3nc(-c4ccccc4)c(-c4ccccc4)nc3c3c(-c4ccccc4)nc4ccccc4c23)c(F)c1F. The maximum atomic E-state index is 15.7. The highest BCUT2D eigenvalue weighted by molar-refractivity contribution is 6.25. The first-order valence-electron chi connectivity index (χ1n) is 14.7. The van der Waals surface area contributed by atoms with Crippen LogP contribution in [0.15, 0.2) is 121 Å². The molecule has 0 spiro atoms. The van der Waals surface area contributed by atoms with Crippen LogP contribution in [0, 0.1) is 29.1 Å². The van der Waals surface area contributed by atoms with Gasteiger partial charge in [0.1, 0.15) is 0 Å². The van der Waals surface area contributed by atoms with Crippen molar-refractivity contribution in [1.29, 1.82) is 0 Å². The van der Waals surface area contributed by atoms with Gasteiger partial charge in [0.05, 0.1) is 39.2 Å². The van der Waals surface area contributed by atoms with Crippen LogP contribution in [0.2, 0.25) is 0 Å². The second kappa shape index (κ2) is 11.1. The Balaban J connectivity index is 1.65. The van der Waals surface area contributed by atoms with E-state index in [2.05, 4.69) is 0 Å². The molecule has 0 bridgehead atoms. The van der Waals surface area contributed by atoms with Crippen molar-refractivity contribution in [2.75, 3.05) is 0 Å². The van der Waals surface area contributed by atoms with Crippen LogP contribution in [0.3, 0.4) is 0 Å². The van der Waals surface area contributed by atoms with E-state index in [-0.39, 0.29) is 16.5 Å². The Morgan fingerprint density at radius 1 is 0.383 bits per heavy atom. The van der Waals surface area contributed by atoms with E-state index < -0.39 is 34.6 Å². The molecule has 0 fully saturated rings. The van der Waals surface area contributed by atoms with Crippen LogP contribution in [0.1, 0.15) is 0 Å². The standard InChI is InChI=1S/C39H20F5N3/c40-31-29(32(41)34(43)35(44)33(31)42)25-20-27-39(47-38(23-16-8-3-9-17-23)37(46-27)22-14-6-2-7-15-22)30-28(25)24-18-10-11-19-26(24)45-36(30)21-12-4-1-5-13-21/h1-20H. The Morgan fingerprint density at radius 3 is 1.40 bits per heavy atom. The number of pyridine rings is 1. The lowest BCUT2D eigenvalue weighted by Crippen LogP contribution is -2.05. The molecule has 8 heteroatoms. The summed E-state index contributed by atoms with van der Waals surface area (Å²) in [4.78, 5) is 15.1. The maximum Gasteiger partial charge on any atom is 0.200 e. The van der Waals surface area contributed by atoms with Gasteiger partial charge >= 0.3 is 0 Å². The topological polar surface area (TPSA) is 38.7 Å². The van der Waals surface area contributed by atoms with E-state index in [0.29, 0.717) is 44.5 Å². The number of hydrogen-bond acceptors (Lipinski definition) is 3. The van der Waals surface area contributed by atoms with E-state index in [9.17, 15) is 13.2 Å². The molecule has 0 atom stereocenters. The summed E-state index contributed by atoms with van der Waals surface area (Å²) in [6, 6.07) is 36.1. The second-order valence-corrected chi connectivity index (χ2v) is 11.0. The second-order valence-electron chi connectivity index (χ2n) is 11.0.